The number of hydrogen-bond donors (Lipinski definition) is 1. The lowest BCUT2D eigenvalue weighted by molar-refractivity contribution is -0.144. The first-order valence-electron chi connectivity index (χ1n) is 6.42. The van der Waals surface area contributed by atoms with Gasteiger partial charge in [0.2, 0.25) is 0 Å². The normalized spacial score (nSPS) is 26.9. The molecule has 2 heterocycles. The van der Waals surface area contributed by atoms with Crippen molar-refractivity contribution in [2.24, 2.45) is 0 Å². The molecule has 2 aliphatic heterocycles. The molecule has 5 nitrogen and oxygen atoms in total. The van der Waals surface area contributed by atoms with Crippen molar-refractivity contribution in [3.8, 4) is 0 Å². The monoisotopic (exact) mass is 261 g/mol. The van der Waals surface area contributed by atoms with E-state index in [1.165, 1.54) is 4.90 Å². The third-order valence-corrected chi connectivity index (χ3v) is 3.76. The maximum Gasteiger partial charge on any atom is 0.305 e. The molecule has 1 unspecified atom stereocenters. The van der Waals surface area contributed by atoms with Crippen molar-refractivity contribution in [2.45, 2.75) is 25.0 Å². The Bertz CT molecular complexity index is 542. The van der Waals surface area contributed by atoms with Gasteiger partial charge >= 0.3 is 5.97 Å². The van der Waals surface area contributed by atoms with Gasteiger partial charge in [-0.05, 0) is 12.5 Å². The maximum absolute atomic E-state index is 12.3. The Labute approximate surface area is 110 Å². The van der Waals surface area contributed by atoms with Crippen molar-refractivity contribution in [3.05, 3.63) is 35.4 Å². The third-order valence-electron chi connectivity index (χ3n) is 3.76. The molecule has 5 heteroatoms. The fraction of sp³-hybridized carbons (Fsp3) is 0.429. The van der Waals surface area contributed by atoms with Crippen LogP contribution in [0, 0.1) is 0 Å². The zero-order valence-electron chi connectivity index (χ0n) is 10.5. The van der Waals surface area contributed by atoms with Crippen LogP contribution in [-0.2, 0) is 15.3 Å². The van der Waals surface area contributed by atoms with Gasteiger partial charge < -0.3 is 14.7 Å². The lowest BCUT2D eigenvalue weighted by Crippen LogP contribution is -2.45. The highest BCUT2D eigenvalue weighted by atomic mass is 16.5. The van der Waals surface area contributed by atoms with Gasteiger partial charge in [0.15, 0.2) is 5.72 Å². The largest absolute Gasteiger partial charge is 0.464 e. The Hall–Kier alpha value is -1.88. The molecular formula is C14H15NO4. The van der Waals surface area contributed by atoms with Crippen molar-refractivity contribution < 1.29 is 19.4 Å². The van der Waals surface area contributed by atoms with Crippen LogP contribution in [0.5, 0.6) is 0 Å². The number of carbonyl (C=O) groups excluding carboxylic acids is 2. The number of carbonyl (C=O) groups is 2. The fourth-order valence-corrected chi connectivity index (χ4v) is 2.84. The Morgan fingerprint density at radius 3 is 2.89 bits per heavy atom. The summed E-state index contributed by atoms with van der Waals surface area (Å²) in [5.74, 6) is -0.471. The predicted octanol–water partition coefficient (Wildman–Crippen LogP) is 1.01. The quantitative estimate of drug-likeness (QED) is 0.708. The smallest absolute Gasteiger partial charge is 0.305 e. The van der Waals surface area contributed by atoms with Gasteiger partial charge in [-0.25, -0.2) is 0 Å². The SMILES string of the molecule is O=C1CCCC2(O)c3ccccc3C(=O)N2CCO1. The van der Waals surface area contributed by atoms with Crippen molar-refractivity contribution in [1.82, 2.24) is 4.90 Å². The minimum atomic E-state index is -1.30. The molecule has 3 rings (SSSR count). The maximum atomic E-state index is 12.3. The molecule has 19 heavy (non-hydrogen) atoms. The number of hydrogen-bond acceptors (Lipinski definition) is 4. The van der Waals surface area contributed by atoms with Crippen molar-refractivity contribution >= 4 is 11.9 Å². The fourth-order valence-electron chi connectivity index (χ4n) is 2.84. The van der Waals surface area contributed by atoms with Gasteiger partial charge in [0.25, 0.3) is 5.91 Å². The van der Waals surface area contributed by atoms with Gasteiger partial charge in [0, 0.05) is 24.0 Å². The standard InChI is InChI=1S/C14H15NO4/c16-12-6-3-7-14(18)11-5-2-1-4-10(11)13(17)15(14)8-9-19-12/h1-2,4-5,18H,3,6-9H2. The van der Waals surface area contributed by atoms with Crippen molar-refractivity contribution in [1.29, 1.82) is 0 Å². The highest BCUT2D eigenvalue weighted by Crippen LogP contribution is 2.40. The third kappa shape index (κ3) is 1.81. The van der Waals surface area contributed by atoms with Gasteiger partial charge in [0.1, 0.15) is 6.61 Å². The van der Waals surface area contributed by atoms with Gasteiger partial charge in [-0.15, -0.1) is 0 Å². The molecule has 0 saturated carbocycles. The Morgan fingerprint density at radius 2 is 2.05 bits per heavy atom. The van der Waals surface area contributed by atoms with E-state index in [-0.39, 0.29) is 31.4 Å². The average Bonchev–Trinajstić information content (AvgIpc) is 2.65. The van der Waals surface area contributed by atoms with E-state index < -0.39 is 5.72 Å². The lowest BCUT2D eigenvalue weighted by Gasteiger charge is -2.33. The minimum Gasteiger partial charge on any atom is -0.464 e. The number of nitrogens with zero attached hydrogens (tertiary/aromatic N) is 1. The van der Waals surface area contributed by atoms with Gasteiger partial charge in [-0.1, -0.05) is 18.2 Å². The zero-order valence-corrected chi connectivity index (χ0v) is 10.5. The summed E-state index contributed by atoms with van der Waals surface area (Å²) in [7, 11) is 0. The van der Waals surface area contributed by atoms with Crippen LogP contribution in [0.4, 0.5) is 0 Å². The van der Waals surface area contributed by atoms with Crippen LogP contribution in [-0.4, -0.2) is 35.0 Å². The second kappa shape index (κ2) is 4.35. The lowest BCUT2D eigenvalue weighted by atomic mass is 9.96. The Kier molecular flexibility index (Phi) is 2.78. The summed E-state index contributed by atoms with van der Waals surface area (Å²) in [6.45, 7) is 0.344. The molecule has 1 fully saturated rings. The van der Waals surface area contributed by atoms with Crippen LogP contribution in [0.2, 0.25) is 0 Å². The minimum absolute atomic E-state index is 0.126. The molecule has 0 aliphatic carbocycles. The summed E-state index contributed by atoms with van der Waals surface area (Å²) in [5.41, 5.74) is -0.131. The predicted molar refractivity (Wildman–Crippen MR) is 66.2 cm³/mol. The summed E-state index contributed by atoms with van der Waals surface area (Å²) in [5, 5.41) is 10.9. The molecule has 1 N–H and O–H groups in total. The number of cyclic esters (lactones) is 1. The first-order valence-corrected chi connectivity index (χ1v) is 6.42. The number of ether oxygens (including phenoxy) is 1. The van der Waals surface area contributed by atoms with Gasteiger partial charge in [-0.3, -0.25) is 9.59 Å². The molecule has 0 spiro atoms. The van der Waals surface area contributed by atoms with Crippen LogP contribution in [0.1, 0.15) is 35.2 Å². The van der Waals surface area contributed by atoms with Crippen LogP contribution in [0.3, 0.4) is 0 Å². The van der Waals surface area contributed by atoms with Crippen molar-refractivity contribution in [2.75, 3.05) is 13.2 Å². The first kappa shape index (κ1) is 12.2. The summed E-state index contributed by atoms with van der Waals surface area (Å²) in [6.07, 6.45) is 1.12. The van der Waals surface area contributed by atoms with E-state index in [2.05, 4.69) is 0 Å². The van der Waals surface area contributed by atoms with E-state index >= 15 is 0 Å². The van der Waals surface area contributed by atoms with Gasteiger partial charge in [-0.2, -0.15) is 0 Å². The highest BCUT2D eigenvalue weighted by molar-refractivity contribution is 5.99. The number of fused-ring (bicyclic) bond motifs is 3. The number of aliphatic hydroxyl groups is 1. The Morgan fingerprint density at radius 1 is 1.26 bits per heavy atom. The molecule has 100 valence electrons. The van der Waals surface area contributed by atoms with Crippen LogP contribution in [0.15, 0.2) is 24.3 Å². The summed E-state index contributed by atoms with van der Waals surface area (Å²) < 4.78 is 5.02. The van der Waals surface area contributed by atoms with Crippen LogP contribution in [0.25, 0.3) is 0 Å². The Balaban J connectivity index is 2.02. The molecule has 0 radical (unpaired) electrons. The number of benzene rings is 1. The number of esters is 1. The molecule has 1 saturated heterocycles. The van der Waals surface area contributed by atoms with E-state index in [1.807, 2.05) is 6.07 Å². The van der Waals surface area contributed by atoms with E-state index in [4.69, 9.17) is 4.74 Å². The summed E-state index contributed by atoms with van der Waals surface area (Å²) in [6, 6.07) is 7.09. The molecule has 1 aromatic rings. The van der Waals surface area contributed by atoms with Crippen LogP contribution >= 0.6 is 0 Å². The topological polar surface area (TPSA) is 66.8 Å². The molecular weight excluding hydrogens is 246 g/mol. The second-order valence-corrected chi connectivity index (χ2v) is 4.89. The van der Waals surface area contributed by atoms with E-state index in [0.29, 0.717) is 24.0 Å². The van der Waals surface area contributed by atoms with Crippen molar-refractivity contribution in [3.63, 3.8) is 0 Å². The second-order valence-electron chi connectivity index (χ2n) is 4.89. The summed E-state index contributed by atoms with van der Waals surface area (Å²) >= 11 is 0. The first-order chi connectivity index (χ1) is 9.13. The number of rotatable bonds is 0. The average molecular weight is 261 g/mol. The van der Waals surface area contributed by atoms with Crippen LogP contribution < -0.4 is 0 Å². The van der Waals surface area contributed by atoms with E-state index in [1.54, 1.807) is 18.2 Å². The summed E-state index contributed by atoms with van der Waals surface area (Å²) in [4.78, 5) is 25.1. The van der Waals surface area contributed by atoms with Gasteiger partial charge in [0.05, 0.1) is 6.54 Å². The molecule has 1 amide bonds. The van der Waals surface area contributed by atoms with E-state index in [0.717, 1.165) is 0 Å². The van der Waals surface area contributed by atoms with E-state index in [9.17, 15) is 14.7 Å². The molecule has 0 bridgehead atoms. The molecule has 0 aromatic heterocycles. The molecule has 2 aliphatic rings. The molecule has 1 aromatic carbocycles. The zero-order chi connectivity index (χ0) is 13.5. The molecule has 1 atom stereocenters. The highest BCUT2D eigenvalue weighted by Gasteiger charge is 2.48. The number of amides is 1.